The number of imide groups is 1. The normalized spacial score (nSPS) is 13.7. The fourth-order valence-electron chi connectivity index (χ4n) is 3.80. The highest BCUT2D eigenvalue weighted by atomic mass is 16.5. The first-order valence-electron chi connectivity index (χ1n) is 10.7. The number of carbonyl (C=O) groups excluding carboxylic acids is 2. The molecule has 162 valence electrons. The molecule has 5 heteroatoms. The van der Waals surface area contributed by atoms with Crippen molar-refractivity contribution in [3.05, 3.63) is 94.7 Å². The summed E-state index contributed by atoms with van der Waals surface area (Å²) >= 11 is 0. The van der Waals surface area contributed by atoms with Crippen LogP contribution in [0.25, 0.3) is 5.57 Å². The largest absolute Gasteiger partial charge is 0.492 e. The number of hydrogen-bond donors (Lipinski definition) is 1. The molecule has 0 aliphatic carbocycles. The van der Waals surface area contributed by atoms with E-state index in [1.165, 1.54) is 4.90 Å². The summed E-state index contributed by atoms with van der Waals surface area (Å²) in [6.07, 6.45) is 0. The Bertz CT molecular complexity index is 1230. The summed E-state index contributed by atoms with van der Waals surface area (Å²) < 4.78 is 5.72. The highest BCUT2D eigenvalue weighted by molar-refractivity contribution is 6.46. The summed E-state index contributed by atoms with van der Waals surface area (Å²) in [5, 5.41) is 3.21. The van der Waals surface area contributed by atoms with E-state index in [4.69, 9.17) is 4.74 Å². The minimum Gasteiger partial charge on any atom is -0.492 e. The van der Waals surface area contributed by atoms with Crippen LogP contribution in [0.1, 0.15) is 29.2 Å². The van der Waals surface area contributed by atoms with Crippen LogP contribution in [-0.4, -0.2) is 18.4 Å². The standard InChI is InChI=1S/C27H26N2O3/c1-5-32-23-9-7-6-8-21(23)28-25-24(20-14-11-17(2)12-15-20)26(30)29(27(25)31)22-16-18(3)10-13-19(22)4/h6-16,28H,5H2,1-4H3. The van der Waals surface area contributed by atoms with E-state index in [1.54, 1.807) is 0 Å². The number of rotatable bonds is 6. The predicted octanol–water partition coefficient (Wildman–Crippen LogP) is 5.41. The molecule has 1 N–H and O–H groups in total. The van der Waals surface area contributed by atoms with Gasteiger partial charge in [0.2, 0.25) is 0 Å². The summed E-state index contributed by atoms with van der Waals surface area (Å²) in [5.74, 6) is -0.106. The van der Waals surface area contributed by atoms with E-state index in [-0.39, 0.29) is 17.5 Å². The molecule has 5 nitrogen and oxygen atoms in total. The average molecular weight is 427 g/mol. The van der Waals surface area contributed by atoms with Gasteiger partial charge in [0.15, 0.2) is 0 Å². The average Bonchev–Trinajstić information content (AvgIpc) is 3.01. The van der Waals surface area contributed by atoms with Crippen molar-refractivity contribution in [3.8, 4) is 5.75 Å². The molecule has 0 bridgehead atoms. The zero-order chi connectivity index (χ0) is 22.8. The van der Waals surface area contributed by atoms with Gasteiger partial charge in [-0.3, -0.25) is 9.59 Å². The van der Waals surface area contributed by atoms with Crippen LogP contribution < -0.4 is 15.0 Å². The van der Waals surface area contributed by atoms with E-state index < -0.39 is 0 Å². The molecule has 0 aromatic heterocycles. The fourth-order valence-corrected chi connectivity index (χ4v) is 3.80. The summed E-state index contributed by atoms with van der Waals surface area (Å²) in [6, 6.07) is 20.8. The van der Waals surface area contributed by atoms with Crippen molar-refractivity contribution >= 4 is 28.8 Å². The third kappa shape index (κ3) is 3.89. The maximum Gasteiger partial charge on any atom is 0.282 e. The van der Waals surface area contributed by atoms with Gasteiger partial charge in [-0.15, -0.1) is 0 Å². The molecule has 0 fully saturated rings. The number of benzene rings is 3. The Balaban J connectivity index is 1.85. The lowest BCUT2D eigenvalue weighted by Crippen LogP contribution is -2.33. The van der Waals surface area contributed by atoms with Gasteiger partial charge in [-0.25, -0.2) is 4.90 Å². The van der Waals surface area contributed by atoms with Crippen molar-refractivity contribution in [2.24, 2.45) is 0 Å². The Labute approximate surface area is 188 Å². The molecule has 0 spiro atoms. The summed E-state index contributed by atoms with van der Waals surface area (Å²) in [6.45, 7) is 8.22. The smallest absolute Gasteiger partial charge is 0.282 e. The van der Waals surface area contributed by atoms with Crippen LogP contribution in [0.5, 0.6) is 5.75 Å². The molecular weight excluding hydrogens is 400 g/mol. The molecule has 4 rings (SSSR count). The second-order valence-corrected chi connectivity index (χ2v) is 7.91. The lowest BCUT2D eigenvalue weighted by atomic mass is 10.0. The Kier molecular flexibility index (Phi) is 5.82. The molecule has 1 aliphatic heterocycles. The molecule has 0 saturated carbocycles. The van der Waals surface area contributed by atoms with Crippen LogP contribution >= 0.6 is 0 Å². The topological polar surface area (TPSA) is 58.6 Å². The molecule has 1 heterocycles. The number of aryl methyl sites for hydroxylation is 3. The maximum absolute atomic E-state index is 13.7. The number of hydrogen-bond acceptors (Lipinski definition) is 4. The van der Waals surface area contributed by atoms with Gasteiger partial charge in [-0.2, -0.15) is 0 Å². The SMILES string of the molecule is CCOc1ccccc1NC1=C(c2ccc(C)cc2)C(=O)N(c2cc(C)ccc2C)C1=O. The molecule has 0 atom stereocenters. The molecule has 3 aromatic rings. The number of amides is 2. The van der Waals surface area contributed by atoms with Crippen LogP contribution in [0.2, 0.25) is 0 Å². The van der Waals surface area contributed by atoms with Gasteiger partial charge in [0.25, 0.3) is 11.8 Å². The lowest BCUT2D eigenvalue weighted by molar-refractivity contribution is -0.120. The van der Waals surface area contributed by atoms with Crippen molar-refractivity contribution in [1.29, 1.82) is 0 Å². The van der Waals surface area contributed by atoms with E-state index in [0.717, 1.165) is 16.7 Å². The Morgan fingerprint density at radius 2 is 1.53 bits per heavy atom. The van der Waals surface area contributed by atoms with Crippen LogP contribution in [0.15, 0.2) is 72.4 Å². The maximum atomic E-state index is 13.7. The minimum atomic E-state index is -0.384. The van der Waals surface area contributed by atoms with Gasteiger partial charge in [0, 0.05) is 0 Å². The van der Waals surface area contributed by atoms with Crippen molar-refractivity contribution in [2.75, 3.05) is 16.8 Å². The molecule has 32 heavy (non-hydrogen) atoms. The van der Waals surface area contributed by atoms with Gasteiger partial charge < -0.3 is 10.1 Å². The monoisotopic (exact) mass is 426 g/mol. The molecule has 1 aliphatic rings. The van der Waals surface area contributed by atoms with Gasteiger partial charge in [0.1, 0.15) is 11.4 Å². The zero-order valence-electron chi connectivity index (χ0n) is 18.7. The second kappa shape index (κ2) is 8.71. The van der Waals surface area contributed by atoms with Crippen molar-refractivity contribution in [1.82, 2.24) is 0 Å². The van der Waals surface area contributed by atoms with Crippen molar-refractivity contribution < 1.29 is 14.3 Å². The van der Waals surface area contributed by atoms with Crippen LogP contribution in [0.4, 0.5) is 11.4 Å². The third-order valence-electron chi connectivity index (χ3n) is 5.48. The molecule has 0 saturated heterocycles. The first-order chi connectivity index (χ1) is 15.4. The summed E-state index contributed by atoms with van der Waals surface area (Å²) in [7, 11) is 0. The number of anilines is 2. The van der Waals surface area contributed by atoms with Gasteiger partial charge in [-0.05, 0) is 62.6 Å². The Morgan fingerprint density at radius 1 is 0.844 bits per heavy atom. The first kappa shape index (κ1) is 21.4. The predicted molar refractivity (Wildman–Crippen MR) is 128 cm³/mol. The quantitative estimate of drug-likeness (QED) is 0.536. The third-order valence-corrected chi connectivity index (χ3v) is 5.48. The fraction of sp³-hybridized carbons (Fsp3) is 0.185. The second-order valence-electron chi connectivity index (χ2n) is 7.91. The van der Waals surface area contributed by atoms with E-state index >= 15 is 0 Å². The number of para-hydroxylation sites is 2. The number of carbonyl (C=O) groups is 2. The van der Waals surface area contributed by atoms with E-state index in [2.05, 4.69) is 5.32 Å². The van der Waals surface area contributed by atoms with Crippen LogP contribution in [0, 0.1) is 20.8 Å². The molecule has 0 unspecified atom stereocenters. The minimum absolute atomic E-state index is 0.243. The van der Waals surface area contributed by atoms with Gasteiger partial charge in [0.05, 0.1) is 23.6 Å². The van der Waals surface area contributed by atoms with E-state index in [9.17, 15) is 9.59 Å². The highest BCUT2D eigenvalue weighted by Gasteiger charge is 2.41. The number of ether oxygens (including phenoxy) is 1. The molecule has 0 radical (unpaired) electrons. The van der Waals surface area contributed by atoms with Gasteiger partial charge >= 0.3 is 0 Å². The Hall–Kier alpha value is -3.86. The molecular formula is C27H26N2O3. The van der Waals surface area contributed by atoms with Gasteiger partial charge in [-0.1, -0.05) is 54.1 Å². The van der Waals surface area contributed by atoms with Crippen molar-refractivity contribution in [3.63, 3.8) is 0 Å². The number of nitrogens with one attached hydrogen (secondary N) is 1. The highest BCUT2D eigenvalue weighted by Crippen LogP contribution is 2.37. The summed E-state index contributed by atoms with van der Waals surface area (Å²) in [5.41, 5.74) is 5.43. The zero-order valence-corrected chi connectivity index (χ0v) is 18.7. The molecule has 2 amide bonds. The number of nitrogens with zero attached hydrogens (tertiary/aromatic N) is 1. The van der Waals surface area contributed by atoms with E-state index in [0.29, 0.717) is 34.9 Å². The van der Waals surface area contributed by atoms with Crippen molar-refractivity contribution in [2.45, 2.75) is 27.7 Å². The lowest BCUT2D eigenvalue weighted by Gasteiger charge is -2.19. The van der Waals surface area contributed by atoms with E-state index in [1.807, 2.05) is 94.4 Å². The Morgan fingerprint density at radius 3 is 2.25 bits per heavy atom. The molecule has 3 aromatic carbocycles. The first-order valence-corrected chi connectivity index (χ1v) is 10.7. The van der Waals surface area contributed by atoms with Crippen LogP contribution in [-0.2, 0) is 9.59 Å². The van der Waals surface area contributed by atoms with Crippen LogP contribution in [0.3, 0.4) is 0 Å². The summed E-state index contributed by atoms with van der Waals surface area (Å²) in [4.78, 5) is 28.6.